The molecule has 15 heavy (non-hydrogen) atoms. The van der Waals surface area contributed by atoms with Crippen molar-refractivity contribution in [2.75, 3.05) is 0 Å². The number of aryl methyl sites for hydroxylation is 1. The lowest BCUT2D eigenvalue weighted by Crippen LogP contribution is -1.98. The van der Waals surface area contributed by atoms with Gasteiger partial charge in [0.25, 0.3) is 0 Å². The van der Waals surface area contributed by atoms with Crippen LogP contribution in [0.4, 0.5) is 0 Å². The van der Waals surface area contributed by atoms with Crippen molar-refractivity contribution >= 4 is 29.2 Å². The Labute approximate surface area is 95.8 Å². The molecule has 0 radical (unpaired) electrons. The van der Waals surface area contributed by atoms with E-state index < -0.39 is 0 Å². The molecule has 0 saturated carbocycles. The van der Waals surface area contributed by atoms with Gasteiger partial charge in [-0.15, -0.1) is 11.3 Å². The first kappa shape index (κ1) is 10.3. The molecule has 0 aromatic carbocycles. The minimum atomic E-state index is 0.209. The van der Waals surface area contributed by atoms with Crippen molar-refractivity contribution in [3.05, 3.63) is 34.1 Å². The Balaban J connectivity index is 2.69. The molecule has 0 amide bonds. The summed E-state index contributed by atoms with van der Waals surface area (Å²) in [5.41, 5.74) is 0.960. The van der Waals surface area contributed by atoms with Gasteiger partial charge < -0.3 is 0 Å². The molecule has 0 fully saturated rings. The van der Waals surface area contributed by atoms with Gasteiger partial charge in [-0.1, -0.05) is 17.7 Å². The first-order valence-corrected chi connectivity index (χ1v) is 5.51. The largest absolute Gasteiger partial charge is 0.298 e. The molecule has 76 valence electrons. The van der Waals surface area contributed by atoms with Gasteiger partial charge in [-0.25, -0.2) is 9.97 Å². The number of halogens is 1. The third-order valence-corrected chi connectivity index (χ3v) is 3.05. The number of carbonyl (C=O) groups is 1. The molecular weight excluding hydrogens is 232 g/mol. The van der Waals surface area contributed by atoms with E-state index in [2.05, 4.69) is 9.97 Å². The summed E-state index contributed by atoms with van der Waals surface area (Å²) >= 11 is 7.39. The van der Waals surface area contributed by atoms with Crippen LogP contribution in [0.5, 0.6) is 0 Å². The molecule has 0 spiro atoms. The molecule has 2 aromatic heterocycles. The molecule has 2 heterocycles. The number of aromatic nitrogens is 2. The lowest BCUT2D eigenvalue weighted by Gasteiger charge is -2.03. The van der Waals surface area contributed by atoms with Crippen LogP contribution in [0, 0.1) is 6.92 Å². The van der Waals surface area contributed by atoms with Crippen LogP contribution in [0.1, 0.15) is 16.2 Å². The Bertz CT molecular complexity index is 496. The summed E-state index contributed by atoms with van der Waals surface area (Å²) in [7, 11) is 0. The number of thiophene rings is 1. The summed E-state index contributed by atoms with van der Waals surface area (Å²) in [6.07, 6.45) is 0.691. The monoisotopic (exact) mass is 238 g/mol. The van der Waals surface area contributed by atoms with E-state index in [1.54, 1.807) is 6.92 Å². The third kappa shape index (κ3) is 1.91. The minimum Gasteiger partial charge on any atom is -0.298 e. The van der Waals surface area contributed by atoms with Crippen molar-refractivity contribution < 1.29 is 4.79 Å². The summed E-state index contributed by atoms with van der Waals surface area (Å²) in [4.78, 5) is 20.0. The summed E-state index contributed by atoms with van der Waals surface area (Å²) in [6, 6.07) is 3.80. The van der Waals surface area contributed by atoms with E-state index in [4.69, 9.17) is 11.6 Å². The molecule has 3 nitrogen and oxygen atoms in total. The van der Waals surface area contributed by atoms with Crippen LogP contribution in [0.25, 0.3) is 10.6 Å². The minimum absolute atomic E-state index is 0.209. The van der Waals surface area contributed by atoms with Gasteiger partial charge >= 0.3 is 0 Å². The van der Waals surface area contributed by atoms with Gasteiger partial charge in [-0.2, -0.15) is 0 Å². The number of rotatable bonds is 2. The maximum absolute atomic E-state index is 10.9. The van der Waals surface area contributed by atoms with Gasteiger partial charge in [-0.3, -0.25) is 4.79 Å². The van der Waals surface area contributed by atoms with Gasteiger partial charge in [0.05, 0.1) is 16.1 Å². The topological polar surface area (TPSA) is 42.9 Å². The first-order valence-electron chi connectivity index (χ1n) is 4.25. The zero-order valence-electron chi connectivity index (χ0n) is 7.90. The molecule has 0 atom stereocenters. The van der Waals surface area contributed by atoms with E-state index >= 15 is 0 Å². The quantitative estimate of drug-likeness (QED) is 0.597. The number of aldehydes is 1. The Hall–Kier alpha value is -1.26. The molecule has 0 N–H and O–H groups in total. The second-order valence-corrected chi connectivity index (χ2v) is 4.22. The smallest absolute Gasteiger partial charge is 0.155 e. The molecular formula is C10H7ClN2OS. The van der Waals surface area contributed by atoms with Gasteiger partial charge in [0.1, 0.15) is 11.0 Å². The van der Waals surface area contributed by atoms with Crippen LogP contribution in [0.3, 0.4) is 0 Å². The standard InChI is InChI=1S/C10H7ClN2OS/c1-6-12-9(8-3-2-4-15-8)7(5-14)10(11)13-6/h2-5H,1H3. The van der Waals surface area contributed by atoms with Crippen LogP contribution in [0.15, 0.2) is 17.5 Å². The molecule has 0 aliphatic rings. The molecule has 0 saturated heterocycles. The van der Waals surface area contributed by atoms with Gasteiger partial charge in [0, 0.05) is 0 Å². The van der Waals surface area contributed by atoms with Crippen LogP contribution in [-0.2, 0) is 0 Å². The van der Waals surface area contributed by atoms with E-state index in [9.17, 15) is 4.79 Å². The SMILES string of the molecule is Cc1nc(Cl)c(C=O)c(-c2cccs2)n1. The third-order valence-electron chi connectivity index (χ3n) is 1.88. The Kier molecular flexibility index (Phi) is 2.79. The van der Waals surface area contributed by atoms with Crippen LogP contribution >= 0.6 is 22.9 Å². The highest BCUT2D eigenvalue weighted by Gasteiger charge is 2.13. The highest BCUT2D eigenvalue weighted by Crippen LogP contribution is 2.28. The van der Waals surface area contributed by atoms with Crippen molar-refractivity contribution in [1.82, 2.24) is 9.97 Å². The van der Waals surface area contributed by atoms with Crippen molar-refractivity contribution in [3.8, 4) is 10.6 Å². The fraction of sp³-hybridized carbons (Fsp3) is 0.100. The van der Waals surface area contributed by atoms with Crippen LogP contribution in [-0.4, -0.2) is 16.3 Å². The second kappa shape index (κ2) is 4.08. The summed E-state index contributed by atoms with van der Waals surface area (Å²) in [6.45, 7) is 1.75. The van der Waals surface area contributed by atoms with E-state index in [1.165, 1.54) is 11.3 Å². The molecule has 0 aliphatic heterocycles. The molecule has 5 heteroatoms. The van der Waals surface area contributed by atoms with Gasteiger partial charge in [-0.05, 0) is 18.4 Å². The summed E-state index contributed by atoms with van der Waals surface area (Å²) in [5, 5.41) is 2.14. The van der Waals surface area contributed by atoms with Gasteiger partial charge in [0.15, 0.2) is 6.29 Å². The molecule has 0 unspecified atom stereocenters. The Morgan fingerprint density at radius 3 is 2.87 bits per heavy atom. The van der Waals surface area contributed by atoms with Crippen molar-refractivity contribution in [3.63, 3.8) is 0 Å². The fourth-order valence-electron chi connectivity index (χ4n) is 1.25. The van der Waals surface area contributed by atoms with Crippen LogP contribution < -0.4 is 0 Å². The average molecular weight is 239 g/mol. The highest BCUT2D eigenvalue weighted by atomic mass is 35.5. The van der Waals surface area contributed by atoms with Crippen molar-refractivity contribution in [1.29, 1.82) is 0 Å². The molecule has 0 bridgehead atoms. The van der Waals surface area contributed by atoms with E-state index in [-0.39, 0.29) is 5.15 Å². The summed E-state index contributed by atoms with van der Waals surface area (Å²) < 4.78 is 0. The zero-order valence-corrected chi connectivity index (χ0v) is 9.47. The highest BCUT2D eigenvalue weighted by molar-refractivity contribution is 7.13. The van der Waals surface area contributed by atoms with E-state index in [1.807, 2.05) is 17.5 Å². The predicted octanol–water partition coefficient (Wildman–Crippen LogP) is 2.98. The number of nitrogens with zero attached hydrogens (tertiary/aromatic N) is 2. The second-order valence-electron chi connectivity index (χ2n) is 2.92. The Morgan fingerprint density at radius 2 is 2.27 bits per heavy atom. The normalized spacial score (nSPS) is 10.3. The van der Waals surface area contributed by atoms with Gasteiger partial charge in [0.2, 0.25) is 0 Å². The lowest BCUT2D eigenvalue weighted by atomic mass is 10.2. The predicted molar refractivity (Wildman–Crippen MR) is 60.5 cm³/mol. The van der Waals surface area contributed by atoms with Crippen molar-refractivity contribution in [2.24, 2.45) is 0 Å². The average Bonchev–Trinajstić information content (AvgIpc) is 2.69. The van der Waals surface area contributed by atoms with E-state index in [0.29, 0.717) is 23.4 Å². The number of hydrogen-bond donors (Lipinski definition) is 0. The zero-order chi connectivity index (χ0) is 10.8. The summed E-state index contributed by atoms with van der Waals surface area (Å²) in [5.74, 6) is 0.564. The fourth-order valence-corrected chi connectivity index (χ4v) is 2.24. The molecule has 0 aliphatic carbocycles. The van der Waals surface area contributed by atoms with E-state index in [0.717, 1.165) is 4.88 Å². The molecule has 2 aromatic rings. The van der Waals surface area contributed by atoms with Crippen LogP contribution in [0.2, 0.25) is 5.15 Å². The first-order chi connectivity index (χ1) is 7.22. The number of carbonyl (C=O) groups excluding carboxylic acids is 1. The Morgan fingerprint density at radius 1 is 1.47 bits per heavy atom. The lowest BCUT2D eigenvalue weighted by molar-refractivity contribution is 0.112. The number of hydrogen-bond acceptors (Lipinski definition) is 4. The van der Waals surface area contributed by atoms with Crippen molar-refractivity contribution in [2.45, 2.75) is 6.92 Å². The molecule has 2 rings (SSSR count). The maximum Gasteiger partial charge on any atom is 0.155 e. The maximum atomic E-state index is 10.9.